The molecule has 1 aliphatic rings. The van der Waals surface area contributed by atoms with Crippen molar-refractivity contribution in [1.82, 2.24) is 9.97 Å². The van der Waals surface area contributed by atoms with Gasteiger partial charge in [-0.1, -0.05) is 30.3 Å². The highest BCUT2D eigenvalue weighted by molar-refractivity contribution is 7.09. The van der Waals surface area contributed by atoms with Crippen molar-refractivity contribution in [1.29, 1.82) is 0 Å². The van der Waals surface area contributed by atoms with Gasteiger partial charge in [0.1, 0.15) is 6.33 Å². The average Bonchev–Trinajstić information content (AvgIpc) is 3.39. The van der Waals surface area contributed by atoms with Gasteiger partial charge in [0.25, 0.3) is 5.92 Å². The number of thiophene rings is 1. The summed E-state index contributed by atoms with van der Waals surface area (Å²) >= 11 is 1.65. The molecule has 3 nitrogen and oxygen atoms in total. The molecule has 2 aromatic heterocycles. The fraction of sp³-hybridized carbons (Fsp3) is 0.364. The monoisotopic (exact) mass is 417 g/mol. The van der Waals surface area contributed by atoms with Gasteiger partial charge < -0.3 is 4.90 Å². The van der Waals surface area contributed by atoms with Gasteiger partial charge in [-0.05, 0) is 42.7 Å². The molecule has 152 valence electrons. The van der Waals surface area contributed by atoms with Crippen molar-refractivity contribution >= 4 is 17.2 Å². The van der Waals surface area contributed by atoms with Crippen molar-refractivity contribution in [3.05, 3.63) is 75.6 Å². The normalized spacial score (nSPS) is 17.1. The van der Waals surface area contributed by atoms with Crippen molar-refractivity contribution in [3.8, 4) is 0 Å². The van der Waals surface area contributed by atoms with Crippen LogP contribution in [0.5, 0.6) is 0 Å². The summed E-state index contributed by atoms with van der Waals surface area (Å²) in [6.07, 6.45) is 4.39. The Morgan fingerprint density at radius 1 is 1.14 bits per heavy atom. The number of hydrogen-bond acceptors (Lipinski definition) is 4. The number of benzene rings is 1. The topological polar surface area (TPSA) is 29.0 Å². The minimum Gasteiger partial charge on any atom is -0.347 e. The van der Waals surface area contributed by atoms with Gasteiger partial charge >= 0.3 is 0 Å². The van der Waals surface area contributed by atoms with Crippen LogP contribution < -0.4 is 4.90 Å². The minimum atomic E-state index is -2.87. The Morgan fingerprint density at radius 3 is 2.62 bits per heavy atom. The number of anilines is 1. The van der Waals surface area contributed by atoms with Crippen LogP contribution in [0, 0.1) is 5.82 Å². The highest BCUT2D eigenvalue weighted by Gasteiger charge is 2.31. The Balaban J connectivity index is 1.56. The average molecular weight is 418 g/mol. The van der Waals surface area contributed by atoms with Crippen molar-refractivity contribution < 1.29 is 13.2 Å². The van der Waals surface area contributed by atoms with Crippen molar-refractivity contribution in [2.45, 2.75) is 44.6 Å². The molecule has 1 aromatic carbocycles. The zero-order valence-electron chi connectivity index (χ0n) is 16.1. The SMILES string of the molecule is CC(F)(F)c1ccc(C2CCCN2c2ncnc(CCc3cccs3)c2F)cc1. The third-order valence-electron chi connectivity index (χ3n) is 5.36. The van der Waals surface area contributed by atoms with Crippen LogP contribution in [0.25, 0.3) is 0 Å². The Hall–Kier alpha value is -2.41. The van der Waals surface area contributed by atoms with Crippen molar-refractivity contribution in [3.63, 3.8) is 0 Å². The summed E-state index contributed by atoms with van der Waals surface area (Å²) < 4.78 is 42.2. The Kier molecular flexibility index (Phi) is 5.58. The molecule has 1 fully saturated rings. The Bertz CT molecular complexity index is 952. The molecular weight excluding hydrogens is 395 g/mol. The second-order valence-corrected chi connectivity index (χ2v) is 8.43. The molecule has 1 atom stereocenters. The molecule has 7 heteroatoms. The maximum Gasteiger partial charge on any atom is 0.270 e. The van der Waals surface area contributed by atoms with E-state index in [2.05, 4.69) is 9.97 Å². The van der Waals surface area contributed by atoms with Gasteiger partial charge in [-0.25, -0.2) is 23.1 Å². The predicted molar refractivity (Wildman–Crippen MR) is 109 cm³/mol. The number of halogens is 3. The summed E-state index contributed by atoms with van der Waals surface area (Å²) in [7, 11) is 0. The van der Waals surface area contributed by atoms with Gasteiger partial charge in [0, 0.05) is 23.9 Å². The van der Waals surface area contributed by atoms with E-state index in [9.17, 15) is 8.78 Å². The van der Waals surface area contributed by atoms with Gasteiger partial charge in [-0.3, -0.25) is 0 Å². The van der Waals surface area contributed by atoms with Crippen LogP contribution >= 0.6 is 11.3 Å². The highest BCUT2D eigenvalue weighted by Crippen LogP contribution is 2.37. The van der Waals surface area contributed by atoms with Crippen LogP contribution in [0.3, 0.4) is 0 Å². The summed E-state index contributed by atoms with van der Waals surface area (Å²) in [6, 6.07) is 10.3. The van der Waals surface area contributed by atoms with E-state index in [1.54, 1.807) is 23.5 Å². The molecule has 1 unspecified atom stereocenters. The minimum absolute atomic E-state index is 0.0186. The summed E-state index contributed by atoms with van der Waals surface area (Å²) in [5.41, 5.74) is 1.29. The molecule has 0 bridgehead atoms. The fourth-order valence-electron chi connectivity index (χ4n) is 3.83. The first kappa shape index (κ1) is 19.9. The second-order valence-electron chi connectivity index (χ2n) is 7.40. The van der Waals surface area contributed by atoms with Gasteiger partial charge in [-0.2, -0.15) is 0 Å². The molecule has 4 rings (SSSR count). The largest absolute Gasteiger partial charge is 0.347 e. The first-order valence-electron chi connectivity index (χ1n) is 9.70. The van der Waals surface area contributed by atoms with Gasteiger partial charge in [0.2, 0.25) is 0 Å². The lowest BCUT2D eigenvalue weighted by atomic mass is 10.0. The standard InChI is InChI=1S/C22H22F3N3S/c1-22(24,25)16-8-6-15(7-9-16)19-5-2-12-28(19)21-20(23)18(26-14-27-21)11-10-17-4-3-13-29-17/h3-4,6-9,13-14,19H,2,5,10-12H2,1H3. The van der Waals surface area contributed by atoms with Crippen LogP contribution in [0.2, 0.25) is 0 Å². The van der Waals surface area contributed by atoms with Crippen LogP contribution in [0.4, 0.5) is 19.0 Å². The molecule has 29 heavy (non-hydrogen) atoms. The maximum absolute atomic E-state index is 15.2. The smallest absolute Gasteiger partial charge is 0.270 e. The van der Waals surface area contributed by atoms with E-state index in [-0.39, 0.29) is 17.4 Å². The van der Waals surface area contributed by atoms with Gasteiger partial charge in [0.05, 0.1) is 11.7 Å². The molecule has 3 aromatic rings. The van der Waals surface area contributed by atoms with Crippen molar-refractivity contribution in [2.75, 3.05) is 11.4 Å². The van der Waals surface area contributed by atoms with Crippen molar-refractivity contribution in [2.24, 2.45) is 0 Å². The zero-order valence-corrected chi connectivity index (χ0v) is 16.9. The second kappa shape index (κ2) is 8.14. The predicted octanol–water partition coefficient (Wildman–Crippen LogP) is 5.92. The lowest BCUT2D eigenvalue weighted by molar-refractivity contribution is 0.0174. The van der Waals surface area contributed by atoms with Crippen LogP contribution in [0.1, 0.15) is 47.5 Å². The van der Waals surface area contributed by atoms with Crippen LogP contribution in [-0.4, -0.2) is 16.5 Å². The third kappa shape index (κ3) is 4.29. The van der Waals surface area contributed by atoms with E-state index >= 15 is 4.39 Å². The summed E-state index contributed by atoms with van der Waals surface area (Å²) in [5, 5.41) is 2.01. The van der Waals surface area contributed by atoms with E-state index in [1.165, 1.54) is 23.3 Å². The first-order chi connectivity index (χ1) is 13.9. The molecule has 1 saturated heterocycles. The quantitative estimate of drug-likeness (QED) is 0.499. The van der Waals surface area contributed by atoms with Crippen LogP contribution in [-0.2, 0) is 18.8 Å². The number of aromatic nitrogens is 2. The molecule has 1 aliphatic heterocycles. The highest BCUT2D eigenvalue weighted by atomic mass is 32.1. The van der Waals surface area contributed by atoms with E-state index in [1.807, 2.05) is 22.4 Å². The zero-order chi connectivity index (χ0) is 20.4. The lowest BCUT2D eigenvalue weighted by Gasteiger charge is -2.27. The molecule has 3 heterocycles. The molecule has 0 amide bonds. The lowest BCUT2D eigenvalue weighted by Crippen LogP contribution is -2.25. The Morgan fingerprint density at radius 2 is 1.93 bits per heavy atom. The van der Waals surface area contributed by atoms with Crippen LogP contribution in [0.15, 0.2) is 48.1 Å². The number of rotatable bonds is 6. The Labute approximate surface area is 172 Å². The third-order valence-corrected chi connectivity index (χ3v) is 6.29. The summed E-state index contributed by atoms with van der Waals surface area (Å²) in [5.74, 6) is -2.95. The molecule has 0 N–H and O–H groups in total. The number of alkyl halides is 2. The number of nitrogens with zero attached hydrogens (tertiary/aromatic N) is 3. The van der Waals surface area contributed by atoms with E-state index in [0.29, 0.717) is 24.5 Å². The van der Waals surface area contributed by atoms with E-state index < -0.39 is 5.92 Å². The molecule has 0 radical (unpaired) electrons. The summed E-state index contributed by atoms with van der Waals surface area (Å²) in [4.78, 5) is 11.5. The van der Waals surface area contributed by atoms with E-state index in [0.717, 1.165) is 31.7 Å². The molecule has 0 saturated carbocycles. The van der Waals surface area contributed by atoms with Gasteiger partial charge in [-0.15, -0.1) is 11.3 Å². The van der Waals surface area contributed by atoms with Gasteiger partial charge in [0.15, 0.2) is 11.6 Å². The fourth-order valence-corrected chi connectivity index (χ4v) is 4.54. The summed E-state index contributed by atoms with van der Waals surface area (Å²) in [6.45, 7) is 1.56. The number of aryl methyl sites for hydroxylation is 2. The molecular formula is C22H22F3N3S. The molecule has 0 aliphatic carbocycles. The maximum atomic E-state index is 15.2. The first-order valence-corrected chi connectivity index (χ1v) is 10.6. The number of hydrogen-bond donors (Lipinski definition) is 0. The van der Waals surface area contributed by atoms with E-state index in [4.69, 9.17) is 0 Å². The molecule has 0 spiro atoms.